The van der Waals surface area contributed by atoms with E-state index in [-0.39, 0.29) is 11.6 Å². The molecule has 0 N–H and O–H groups in total. The Balaban J connectivity index is 2.31. The molecule has 25 heavy (non-hydrogen) atoms. The SMILES string of the molecule is CCN(CC)S(=O)(=O)N(CCc1ccc(F)c(Cl)c1)c1cccnc1. The van der Waals surface area contributed by atoms with Crippen LogP contribution in [0.1, 0.15) is 19.4 Å². The largest absolute Gasteiger partial charge is 0.304 e. The molecule has 0 aliphatic rings. The molecule has 1 aromatic heterocycles. The Morgan fingerprint density at radius 1 is 1.20 bits per heavy atom. The van der Waals surface area contributed by atoms with Gasteiger partial charge in [0.1, 0.15) is 5.82 Å². The molecular weight excluding hydrogens is 365 g/mol. The summed E-state index contributed by atoms with van der Waals surface area (Å²) in [5.74, 6) is -0.495. The van der Waals surface area contributed by atoms with Gasteiger partial charge < -0.3 is 0 Å². The summed E-state index contributed by atoms with van der Waals surface area (Å²) in [5.41, 5.74) is 1.25. The maximum absolute atomic E-state index is 13.3. The normalized spacial score (nSPS) is 11.7. The molecule has 0 bridgehead atoms. The maximum Gasteiger partial charge on any atom is 0.304 e. The van der Waals surface area contributed by atoms with Crippen molar-refractivity contribution in [1.29, 1.82) is 0 Å². The number of anilines is 1. The molecule has 0 aliphatic carbocycles. The fourth-order valence-electron chi connectivity index (χ4n) is 2.49. The van der Waals surface area contributed by atoms with Gasteiger partial charge in [-0.15, -0.1) is 0 Å². The van der Waals surface area contributed by atoms with Crippen LogP contribution in [0.15, 0.2) is 42.7 Å². The monoisotopic (exact) mass is 385 g/mol. The highest BCUT2D eigenvalue weighted by Crippen LogP contribution is 2.21. The first-order valence-electron chi connectivity index (χ1n) is 8.01. The van der Waals surface area contributed by atoms with Gasteiger partial charge in [-0.1, -0.05) is 31.5 Å². The highest BCUT2D eigenvalue weighted by Gasteiger charge is 2.28. The molecule has 136 valence electrons. The molecule has 0 saturated carbocycles. The van der Waals surface area contributed by atoms with Crippen LogP contribution in [0.5, 0.6) is 0 Å². The average molecular weight is 386 g/mol. The van der Waals surface area contributed by atoms with E-state index < -0.39 is 16.0 Å². The van der Waals surface area contributed by atoms with E-state index in [1.807, 2.05) is 0 Å². The number of rotatable bonds is 8. The lowest BCUT2D eigenvalue weighted by atomic mass is 10.1. The molecule has 0 fully saturated rings. The standard InChI is InChI=1S/C17H21ClFN3O2S/c1-3-21(4-2)25(23,24)22(15-6-5-10-20-13-15)11-9-14-7-8-17(19)16(18)12-14/h5-8,10,12-13H,3-4,9,11H2,1-2H3. The lowest BCUT2D eigenvalue weighted by Gasteiger charge is -2.30. The number of pyridine rings is 1. The number of hydrogen-bond acceptors (Lipinski definition) is 3. The van der Waals surface area contributed by atoms with Crippen LogP contribution in [0.25, 0.3) is 0 Å². The summed E-state index contributed by atoms with van der Waals surface area (Å²) < 4.78 is 42.0. The summed E-state index contributed by atoms with van der Waals surface area (Å²) in [4.78, 5) is 4.02. The van der Waals surface area contributed by atoms with Crippen LogP contribution >= 0.6 is 11.6 Å². The molecular formula is C17H21ClFN3O2S. The fourth-order valence-corrected chi connectivity index (χ4v) is 4.32. The van der Waals surface area contributed by atoms with Gasteiger partial charge in [-0.25, -0.2) is 4.39 Å². The van der Waals surface area contributed by atoms with Crippen molar-refractivity contribution in [3.8, 4) is 0 Å². The molecule has 2 aromatic rings. The second-order valence-electron chi connectivity index (χ2n) is 5.37. The van der Waals surface area contributed by atoms with Crippen molar-refractivity contribution in [2.45, 2.75) is 20.3 Å². The molecule has 1 aromatic carbocycles. The molecule has 8 heteroatoms. The zero-order valence-corrected chi connectivity index (χ0v) is 15.8. The minimum atomic E-state index is -3.69. The van der Waals surface area contributed by atoms with Crippen molar-refractivity contribution >= 4 is 27.5 Å². The second-order valence-corrected chi connectivity index (χ2v) is 7.63. The number of benzene rings is 1. The molecule has 0 spiro atoms. The van der Waals surface area contributed by atoms with Gasteiger partial charge in [-0.05, 0) is 36.2 Å². The number of aromatic nitrogens is 1. The van der Waals surface area contributed by atoms with Crippen LogP contribution < -0.4 is 4.31 Å². The van der Waals surface area contributed by atoms with E-state index in [4.69, 9.17) is 11.6 Å². The zero-order valence-electron chi connectivity index (χ0n) is 14.2. The summed E-state index contributed by atoms with van der Waals surface area (Å²) in [6.07, 6.45) is 3.50. The quantitative estimate of drug-likeness (QED) is 0.698. The third kappa shape index (κ3) is 4.68. The van der Waals surface area contributed by atoms with Crippen LogP contribution in [-0.2, 0) is 16.6 Å². The molecule has 0 saturated heterocycles. The van der Waals surface area contributed by atoms with Crippen LogP contribution in [0.3, 0.4) is 0 Å². The average Bonchev–Trinajstić information content (AvgIpc) is 2.59. The van der Waals surface area contributed by atoms with Crippen molar-refractivity contribution in [3.63, 3.8) is 0 Å². The molecule has 1 heterocycles. The Bertz CT molecular complexity index is 799. The van der Waals surface area contributed by atoms with E-state index in [0.29, 0.717) is 25.2 Å². The fraction of sp³-hybridized carbons (Fsp3) is 0.353. The molecule has 0 aliphatic heterocycles. The Morgan fingerprint density at radius 3 is 2.48 bits per heavy atom. The lowest BCUT2D eigenvalue weighted by Crippen LogP contribution is -2.44. The second kappa shape index (κ2) is 8.60. The molecule has 2 rings (SSSR count). The molecule has 0 unspecified atom stereocenters. The van der Waals surface area contributed by atoms with E-state index in [1.54, 1.807) is 38.2 Å². The van der Waals surface area contributed by atoms with Crippen molar-refractivity contribution in [1.82, 2.24) is 9.29 Å². The van der Waals surface area contributed by atoms with E-state index in [2.05, 4.69) is 4.98 Å². The Labute approximate surface area is 153 Å². The van der Waals surface area contributed by atoms with Crippen molar-refractivity contribution < 1.29 is 12.8 Å². The van der Waals surface area contributed by atoms with Gasteiger partial charge in [-0.2, -0.15) is 12.7 Å². The minimum Gasteiger partial charge on any atom is -0.263 e. The zero-order chi connectivity index (χ0) is 18.4. The summed E-state index contributed by atoms with van der Waals surface area (Å²) in [6, 6.07) is 7.79. The third-order valence-electron chi connectivity index (χ3n) is 3.83. The number of halogens is 2. The van der Waals surface area contributed by atoms with Crippen LogP contribution in [0.4, 0.5) is 10.1 Å². The Morgan fingerprint density at radius 2 is 1.92 bits per heavy atom. The van der Waals surface area contributed by atoms with Crippen molar-refractivity contribution in [3.05, 3.63) is 59.1 Å². The van der Waals surface area contributed by atoms with Crippen molar-refractivity contribution in [2.24, 2.45) is 0 Å². The highest BCUT2D eigenvalue weighted by atomic mass is 35.5. The summed E-state index contributed by atoms with van der Waals surface area (Å²) >= 11 is 5.81. The highest BCUT2D eigenvalue weighted by molar-refractivity contribution is 7.90. The van der Waals surface area contributed by atoms with Crippen LogP contribution in [0.2, 0.25) is 5.02 Å². The first kappa shape index (κ1) is 19.6. The Kier molecular flexibility index (Phi) is 6.75. The van der Waals surface area contributed by atoms with Gasteiger partial charge in [0.15, 0.2) is 0 Å². The van der Waals surface area contributed by atoms with E-state index in [9.17, 15) is 12.8 Å². The van der Waals surface area contributed by atoms with Crippen LogP contribution in [0, 0.1) is 5.82 Å². The van der Waals surface area contributed by atoms with Gasteiger partial charge >= 0.3 is 10.2 Å². The minimum absolute atomic E-state index is 0.0250. The predicted molar refractivity (Wildman–Crippen MR) is 98.5 cm³/mol. The van der Waals surface area contributed by atoms with Gasteiger partial charge in [0.05, 0.1) is 16.9 Å². The summed E-state index contributed by atoms with van der Waals surface area (Å²) in [7, 11) is -3.69. The molecule has 5 nitrogen and oxygen atoms in total. The van der Waals surface area contributed by atoms with Gasteiger partial charge in [-0.3, -0.25) is 9.29 Å². The third-order valence-corrected chi connectivity index (χ3v) is 6.24. The van der Waals surface area contributed by atoms with Gasteiger partial charge in [0, 0.05) is 25.8 Å². The maximum atomic E-state index is 13.3. The lowest BCUT2D eigenvalue weighted by molar-refractivity contribution is 0.442. The predicted octanol–water partition coefficient (Wildman–Crippen LogP) is 3.51. The van der Waals surface area contributed by atoms with Gasteiger partial charge in [0.2, 0.25) is 0 Å². The molecule has 0 atom stereocenters. The topological polar surface area (TPSA) is 53.5 Å². The summed E-state index contributed by atoms with van der Waals surface area (Å²) in [5, 5.41) is 0.0250. The van der Waals surface area contributed by atoms with Crippen molar-refractivity contribution in [2.75, 3.05) is 23.9 Å². The first-order chi connectivity index (χ1) is 11.9. The smallest absolute Gasteiger partial charge is 0.263 e. The Hall–Kier alpha value is -1.70. The van der Waals surface area contributed by atoms with Gasteiger partial charge in [0.25, 0.3) is 0 Å². The number of nitrogens with zero attached hydrogens (tertiary/aromatic N) is 3. The van der Waals surface area contributed by atoms with E-state index in [0.717, 1.165) is 5.56 Å². The number of hydrogen-bond donors (Lipinski definition) is 0. The molecule has 0 radical (unpaired) electrons. The first-order valence-corrected chi connectivity index (χ1v) is 9.79. The molecule has 0 amide bonds. The van der Waals surface area contributed by atoms with Crippen LogP contribution in [-0.4, -0.2) is 37.3 Å². The van der Waals surface area contributed by atoms with E-state index in [1.165, 1.54) is 26.9 Å². The van der Waals surface area contributed by atoms with E-state index >= 15 is 0 Å². The summed E-state index contributed by atoms with van der Waals surface area (Å²) in [6.45, 7) is 4.53.